The van der Waals surface area contributed by atoms with Crippen LogP contribution in [0, 0.1) is 5.82 Å². The van der Waals surface area contributed by atoms with Crippen molar-refractivity contribution in [2.24, 2.45) is 0 Å². The van der Waals surface area contributed by atoms with E-state index in [9.17, 15) is 14.3 Å². The fourth-order valence-electron chi connectivity index (χ4n) is 3.25. The van der Waals surface area contributed by atoms with E-state index in [0.29, 0.717) is 11.6 Å². The van der Waals surface area contributed by atoms with Gasteiger partial charge in [0.2, 0.25) is 5.91 Å². The maximum Gasteiger partial charge on any atom is 0.226 e. The number of aromatic nitrogens is 2. The third-order valence-electron chi connectivity index (χ3n) is 4.49. The number of nitrogens with one attached hydrogen (secondary N) is 1. The Morgan fingerprint density at radius 1 is 1.27 bits per heavy atom. The molecule has 1 aliphatic heterocycles. The molecule has 6 nitrogen and oxygen atoms in total. The predicted molar refractivity (Wildman–Crippen MR) is 93.3 cm³/mol. The summed E-state index contributed by atoms with van der Waals surface area (Å²) in [6.07, 6.45) is 1.84. The molecule has 0 fully saturated rings. The number of rotatable bonds is 3. The number of carbonyl (C=O) groups is 1. The van der Waals surface area contributed by atoms with Crippen molar-refractivity contribution in [3.8, 4) is 17.2 Å². The number of anilines is 1. The average molecular weight is 353 g/mol. The highest BCUT2D eigenvalue weighted by Gasteiger charge is 2.31. The van der Waals surface area contributed by atoms with E-state index in [-0.39, 0.29) is 29.8 Å². The molecule has 0 spiro atoms. The van der Waals surface area contributed by atoms with Gasteiger partial charge in [-0.25, -0.2) is 9.37 Å². The highest BCUT2D eigenvalue weighted by Crippen LogP contribution is 2.40. The largest absolute Gasteiger partial charge is 0.504 e. The van der Waals surface area contributed by atoms with Gasteiger partial charge in [-0.15, -0.1) is 0 Å². The molecule has 2 N–H and O–H groups in total. The lowest BCUT2D eigenvalue weighted by molar-refractivity contribution is -0.116. The summed E-state index contributed by atoms with van der Waals surface area (Å²) in [4.78, 5) is 16.4. The van der Waals surface area contributed by atoms with Crippen molar-refractivity contribution < 1.29 is 19.0 Å². The van der Waals surface area contributed by atoms with E-state index in [0.717, 1.165) is 16.9 Å². The second-order valence-electron chi connectivity index (χ2n) is 6.06. The van der Waals surface area contributed by atoms with Crippen LogP contribution >= 0.6 is 0 Å². The summed E-state index contributed by atoms with van der Waals surface area (Å²) >= 11 is 0. The van der Waals surface area contributed by atoms with E-state index >= 15 is 0 Å². The third-order valence-corrected chi connectivity index (χ3v) is 4.49. The molecule has 1 amide bonds. The molecule has 0 radical (unpaired) electrons. The SMILES string of the molecule is COc1cc(C2CC(=O)Nc3ncn(-c4ccc(F)cc4)c32)ccc1O. The van der Waals surface area contributed by atoms with E-state index in [1.165, 1.54) is 19.2 Å². The van der Waals surface area contributed by atoms with Crippen LogP contribution in [-0.2, 0) is 4.79 Å². The van der Waals surface area contributed by atoms with Crippen LogP contribution < -0.4 is 10.1 Å². The molecule has 0 saturated carbocycles. The van der Waals surface area contributed by atoms with Crippen molar-refractivity contribution in [3.63, 3.8) is 0 Å². The number of ether oxygens (including phenoxy) is 1. The molecule has 7 heteroatoms. The van der Waals surface area contributed by atoms with E-state index in [4.69, 9.17) is 4.74 Å². The first-order valence-corrected chi connectivity index (χ1v) is 8.06. The second-order valence-corrected chi connectivity index (χ2v) is 6.06. The van der Waals surface area contributed by atoms with Gasteiger partial charge in [-0.2, -0.15) is 0 Å². The van der Waals surface area contributed by atoms with E-state index < -0.39 is 0 Å². The van der Waals surface area contributed by atoms with Gasteiger partial charge in [-0.3, -0.25) is 4.79 Å². The number of benzene rings is 2. The standard InChI is InChI=1S/C19H16FN3O3/c1-26-16-8-11(2-7-15(16)24)14-9-17(25)22-19-18(14)23(10-21-19)13-5-3-12(20)4-6-13/h2-8,10,14,24H,9H2,1H3,(H,22,25). The number of carbonyl (C=O) groups excluding carboxylic acids is 1. The van der Waals surface area contributed by atoms with Crippen molar-refractivity contribution in [1.82, 2.24) is 9.55 Å². The van der Waals surface area contributed by atoms with Crippen molar-refractivity contribution in [1.29, 1.82) is 0 Å². The van der Waals surface area contributed by atoms with Crippen molar-refractivity contribution in [2.45, 2.75) is 12.3 Å². The topological polar surface area (TPSA) is 76.4 Å². The minimum atomic E-state index is -0.323. The maximum absolute atomic E-state index is 13.3. The molecule has 2 heterocycles. The molecule has 1 aliphatic rings. The zero-order valence-electron chi connectivity index (χ0n) is 13.9. The Kier molecular flexibility index (Phi) is 3.84. The van der Waals surface area contributed by atoms with Crippen LogP contribution in [0.4, 0.5) is 10.2 Å². The molecule has 1 atom stereocenters. The number of phenols is 1. The number of phenolic OH excluding ortho intramolecular Hbond substituents is 1. The Morgan fingerprint density at radius 3 is 2.77 bits per heavy atom. The highest BCUT2D eigenvalue weighted by molar-refractivity contribution is 5.94. The van der Waals surface area contributed by atoms with Crippen LogP contribution in [0.2, 0.25) is 0 Å². The molecule has 1 aromatic heterocycles. The zero-order chi connectivity index (χ0) is 18.3. The Morgan fingerprint density at radius 2 is 2.04 bits per heavy atom. The molecule has 132 valence electrons. The zero-order valence-corrected chi connectivity index (χ0v) is 13.9. The lowest BCUT2D eigenvalue weighted by atomic mass is 9.89. The summed E-state index contributed by atoms with van der Waals surface area (Å²) in [6.45, 7) is 0. The Balaban J connectivity index is 1.85. The molecule has 0 bridgehead atoms. The van der Waals surface area contributed by atoms with Crippen molar-refractivity contribution in [3.05, 3.63) is 65.9 Å². The Labute approximate surface area is 148 Å². The van der Waals surface area contributed by atoms with Gasteiger partial charge in [-0.1, -0.05) is 6.07 Å². The minimum Gasteiger partial charge on any atom is -0.504 e. The molecule has 0 aliphatic carbocycles. The van der Waals surface area contributed by atoms with Crippen LogP contribution in [0.3, 0.4) is 0 Å². The fourth-order valence-corrected chi connectivity index (χ4v) is 3.25. The van der Waals surface area contributed by atoms with Crippen LogP contribution in [0.1, 0.15) is 23.6 Å². The summed E-state index contributed by atoms with van der Waals surface area (Å²) < 4.78 is 20.3. The first kappa shape index (κ1) is 16.1. The van der Waals surface area contributed by atoms with Crippen LogP contribution in [-0.4, -0.2) is 27.7 Å². The molecule has 4 rings (SSSR count). The Bertz CT molecular complexity index is 982. The van der Waals surface area contributed by atoms with E-state index in [1.807, 2.05) is 4.57 Å². The molecular formula is C19H16FN3O3. The van der Waals surface area contributed by atoms with Gasteiger partial charge >= 0.3 is 0 Å². The number of hydrogen-bond acceptors (Lipinski definition) is 4. The number of amides is 1. The fraction of sp³-hybridized carbons (Fsp3) is 0.158. The number of hydrogen-bond donors (Lipinski definition) is 2. The monoisotopic (exact) mass is 353 g/mol. The number of nitrogens with zero attached hydrogens (tertiary/aromatic N) is 2. The normalized spacial score (nSPS) is 16.1. The molecule has 26 heavy (non-hydrogen) atoms. The summed E-state index contributed by atoms with van der Waals surface area (Å²) in [5.74, 6) is 0.102. The summed E-state index contributed by atoms with van der Waals surface area (Å²) in [5, 5.41) is 12.6. The lowest BCUT2D eigenvalue weighted by Gasteiger charge is -2.25. The van der Waals surface area contributed by atoms with Gasteiger partial charge in [-0.05, 0) is 42.0 Å². The number of methoxy groups -OCH3 is 1. The second kappa shape index (κ2) is 6.18. The van der Waals surface area contributed by atoms with Crippen LogP contribution in [0.5, 0.6) is 11.5 Å². The lowest BCUT2D eigenvalue weighted by Crippen LogP contribution is -2.25. The van der Waals surface area contributed by atoms with Gasteiger partial charge in [0.1, 0.15) is 12.1 Å². The van der Waals surface area contributed by atoms with Crippen LogP contribution in [0.15, 0.2) is 48.8 Å². The smallest absolute Gasteiger partial charge is 0.226 e. The van der Waals surface area contributed by atoms with Gasteiger partial charge in [0, 0.05) is 18.0 Å². The Hall–Kier alpha value is -3.35. The molecule has 1 unspecified atom stereocenters. The minimum absolute atomic E-state index is 0.0313. The summed E-state index contributed by atoms with van der Waals surface area (Å²) in [7, 11) is 1.47. The first-order valence-electron chi connectivity index (χ1n) is 8.06. The molecule has 2 aromatic carbocycles. The molecule has 0 saturated heterocycles. The van der Waals surface area contributed by atoms with Crippen LogP contribution in [0.25, 0.3) is 5.69 Å². The molecular weight excluding hydrogens is 337 g/mol. The third kappa shape index (κ3) is 2.67. The summed E-state index contributed by atoms with van der Waals surface area (Å²) in [6, 6.07) is 11.1. The molecule has 3 aromatic rings. The summed E-state index contributed by atoms with van der Waals surface area (Å²) in [5.41, 5.74) is 2.36. The number of aromatic hydroxyl groups is 1. The number of imidazole rings is 1. The van der Waals surface area contributed by atoms with Gasteiger partial charge < -0.3 is 19.7 Å². The first-order chi connectivity index (χ1) is 12.6. The average Bonchev–Trinajstić information content (AvgIpc) is 3.06. The predicted octanol–water partition coefficient (Wildman–Crippen LogP) is 3.20. The van der Waals surface area contributed by atoms with E-state index in [2.05, 4.69) is 10.3 Å². The van der Waals surface area contributed by atoms with Gasteiger partial charge in [0.15, 0.2) is 17.3 Å². The quantitative estimate of drug-likeness (QED) is 0.758. The van der Waals surface area contributed by atoms with E-state index in [1.54, 1.807) is 36.7 Å². The highest BCUT2D eigenvalue weighted by atomic mass is 19.1. The number of halogens is 1. The van der Waals surface area contributed by atoms with Gasteiger partial charge in [0.05, 0.1) is 12.8 Å². The van der Waals surface area contributed by atoms with Crippen molar-refractivity contribution in [2.75, 3.05) is 12.4 Å². The van der Waals surface area contributed by atoms with Crippen molar-refractivity contribution >= 4 is 11.7 Å². The van der Waals surface area contributed by atoms with Gasteiger partial charge in [0.25, 0.3) is 0 Å². The maximum atomic E-state index is 13.3. The number of fused-ring (bicyclic) bond motifs is 1.